The van der Waals surface area contributed by atoms with Crippen LogP contribution in [0.1, 0.15) is 0 Å². The number of halogens is 3. The van der Waals surface area contributed by atoms with Crippen LogP contribution in [0.2, 0.25) is 0 Å². The maximum atomic E-state index is 12.0. The molecular weight excluding hydrogens is 237 g/mol. The topological polar surface area (TPSA) is 67.4 Å². The summed E-state index contributed by atoms with van der Waals surface area (Å²) >= 11 is 0. The van der Waals surface area contributed by atoms with Gasteiger partial charge in [-0.2, -0.15) is 13.2 Å². The lowest BCUT2D eigenvalue weighted by Gasteiger charge is -2.19. The second-order valence-corrected chi connectivity index (χ2v) is 4.81. The van der Waals surface area contributed by atoms with Gasteiger partial charge in [0.05, 0.1) is 12.1 Å². The van der Waals surface area contributed by atoms with Gasteiger partial charge in [-0.05, 0) is 0 Å². The minimum absolute atomic E-state index is 0.119. The van der Waals surface area contributed by atoms with Crippen LogP contribution < -0.4 is 10.0 Å². The minimum atomic E-state index is -5.29. The Morgan fingerprint density at radius 1 is 1.40 bits per heavy atom. The number of sulfonamides is 1. The summed E-state index contributed by atoms with van der Waals surface area (Å²) < 4.78 is 63.9. The number of rotatable bonds is 3. The lowest BCUT2D eigenvalue weighted by Crippen LogP contribution is -2.48. The summed E-state index contributed by atoms with van der Waals surface area (Å²) in [4.78, 5) is 0. The van der Waals surface area contributed by atoms with E-state index in [1.807, 2.05) is 0 Å². The van der Waals surface area contributed by atoms with Gasteiger partial charge in [0, 0.05) is 20.2 Å². The van der Waals surface area contributed by atoms with Crippen LogP contribution in [0.3, 0.4) is 0 Å². The highest BCUT2D eigenvalue weighted by Crippen LogP contribution is 2.22. The number of nitrogens with one attached hydrogen (secondary N) is 2. The molecule has 0 saturated carbocycles. The number of ether oxygens (including phenoxy) is 1. The van der Waals surface area contributed by atoms with E-state index in [4.69, 9.17) is 4.74 Å². The van der Waals surface area contributed by atoms with Crippen molar-refractivity contribution in [1.29, 1.82) is 0 Å². The molecule has 1 aliphatic rings. The van der Waals surface area contributed by atoms with Crippen LogP contribution in [0.4, 0.5) is 13.2 Å². The second kappa shape index (κ2) is 4.24. The van der Waals surface area contributed by atoms with Gasteiger partial charge in [0.1, 0.15) is 0 Å². The van der Waals surface area contributed by atoms with Gasteiger partial charge in [-0.25, -0.2) is 13.1 Å². The average Bonchev–Trinajstić information content (AvgIpc) is 2.48. The zero-order valence-electron chi connectivity index (χ0n) is 7.84. The summed E-state index contributed by atoms with van der Waals surface area (Å²) in [6.45, 7) is 0.440. The van der Waals surface area contributed by atoms with Crippen LogP contribution in [0, 0.1) is 0 Å². The maximum absolute atomic E-state index is 12.0. The number of alkyl halides is 3. The molecule has 0 radical (unpaired) electrons. The van der Waals surface area contributed by atoms with E-state index >= 15 is 0 Å². The van der Waals surface area contributed by atoms with Gasteiger partial charge in [-0.3, -0.25) is 0 Å². The molecule has 1 heterocycles. The molecular formula is C6H11F3N2O3S. The van der Waals surface area contributed by atoms with Crippen molar-refractivity contribution < 1.29 is 26.3 Å². The summed E-state index contributed by atoms with van der Waals surface area (Å²) in [7, 11) is -3.98. The number of hydrogen-bond donors (Lipinski definition) is 2. The van der Waals surface area contributed by atoms with Crippen molar-refractivity contribution in [3.63, 3.8) is 0 Å². The van der Waals surface area contributed by atoms with Gasteiger partial charge in [0.2, 0.25) is 0 Å². The van der Waals surface area contributed by atoms with E-state index in [0.29, 0.717) is 6.54 Å². The SMILES string of the molecule is CO[C@H]1CNC[C@@H]1NS(=O)(=O)C(F)(F)F. The van der Waals surface area contributed by atoms with Gasteiger partial charge in [-0.1, -0.05) is 0 Å². The Hall–Kier alpha value is -0.380. The Kier molecular flexibility index (Phi) is 3.59. The molecule has 9 heteroatoms. The molecule has 1 saturated heterocycles. The van der Waals surface area contributed by atoms with Crippen LogP contribution in [0.5, 0.6) is 0 Å². The van der Waals surface area contributed by atoms with Crippen molar-refractivity contribution in [3.8, 4) is 0 Å². The van der Waals surface area contributed by atoms with Crippen molar-refractivity contribution in [2.45, 2.75) is 17.7 Å². The highest BCUT2D eigenvalue weighted by Gasteiger charge is 2.48. The summed E-state index contributed by atoms with van der Waals surface area (Å²) in [6.07, 6.45) is -0.581. The van der Waals surface area contributed by atoms with Crippen LogP contribution in [0.15, 0.2) is 0 Å². The molecule has 0 bridgehead atoms. The summed E-state index contributed by atoms with van der Waals surface area (Å²) in [5, 5.41) is 2.73. The molecule has 0 aromatic carbocycles. The fraction of sp³-hybridized carbons (Fsp3) is 1.00. The quantitative estimate of drug-likeness (QED) is 0.700. The summed E-state index contributed by atoms with van der Waals surface area (Å²) in [5.41, 5.74) is -5.28. The van der Waals surface area contributed by atoms with Crippen LogP contribution in [-0.4, -0.2) is 46.3 Å². The van der Waals surface area contributed by atoms with Crippen LogP contribution in [0.25, 0.3) is 0 Å². The first-order chi connectivity index (χ1) is 6.78. The Balaban J connectivity index is 2.70. The zero-order valence-corrected chi connectivity index (χ0v) is 8.65. The van der Waals surface area contributed by atoms with Crippen molar-refractivity contribution >= 4 is 10.0 Å². The first-order valence-corrected chi connectivity index (χ1v) is 5.58. The van der Waals surface area contributed by atoms with E-state index in [9.17, 15) is 21.6 Å². The minimum Gasteiger partial charge on any atom is -0.378 e. The zero-order chi connectivity index (χ0) is 11.7. The standard InChI is InChI=1S/C6H11F3N2O3S/c1-14-5-3-10-2-4(5)11-15(12,13)6(7,8)9/h4-5,10-11H,2-3H2,1H3/t4-,5-/m0/s1. The van der Waals surface area contributed by atoms with Gasteiger partial charge >= 0.3 is 15.5 Å². The van der Waals surface area contributed by atoms with Crippen molar-refractivity contribution in [1.82, 2.24) is 10.0 Å². The first kappa shape index (κ1) is 12.7. The molecule has 0 aromatic rings. The molecule has 5 nitrogen and oxygen atoms in total. The first-order valence-electron chi connectivity index (χ1n) is 4.10. The van der Waals surface area contributed by atoms with E-state index in [-0.39, 0.29) is 6.54 Å². The molecule has 15 heavy (non-hydrogen) atoms. The maximum Gasteiger partial charge on any atom is 0.511 e. The molecule has 0 amide bonds. The average molecular weight is 248 g/mol. The third-order valence-electron chi connectivity index (χ3n) is 2.07. The van der Waals surface area contributed by atoms with Gasteiger partial charge in [-0.15, -0.1) is 0 Å². The van der Waals surface area contributed by atoms with E-state index in [2.05, 4.69) is 5.32 Å². The van der Waals surface area contributed by atoms with Gasteiger partial charge in [0.25, 0.3) is 0 Å². The van der Waals surface area contributed by atoms with Gasteiger partial charge < -0.3 is 10.1 Å². The molecule has 2 atom stereocenters. The predicted molar refractivity (Wildman–Crippen MR) is 45.6 cm³/mol. The third kappa shape index (κ3) is 2.80. The molecule has 0 unspecified atom stereocenters. The molecule has 1 aliphatic heterocycles. The van der Waals surface area contributed by atoms with Crippen molar-refractivity contribution in [2.75, 3.05) is 20.2 Å². The Labute approximate surface area is 85.0 Å². The lowest BCUT2D eigenvalue weighted by molar-refractivity contribution is -0.0455. The normalized spacial score (nSPS) is 28.3. The monoisotopic (exact) mass is 248 g/mol. The number of methoxy groups -OCH3 is 1. The Morgan fingerprint density at radius 3 is 2.47 bits per heavy atom. The van der Waals surface area contributed by atoms with E-state index < -0.39 is 27.7 Å². The van der Waals surface area contributed by atoms with Crippen LogP contribution >= 0.6 is 0 Å². The molecule has 1 fully saturated rings. The summed E-state index contributed by atoms with van der Waals surface area (Å²) in [5.74, 6) is 0. The highest BCUT2D eigenvalue weighted by atomic mass is 32.2. The van der Waals surface area contributed by atoms with Crippen molar-refractivity contribution in [3.05, 3.63) is 0 Å². The fourth-order valence-corrected chi connectivity index (χ4v) is 2.05. The molecule has 90 valence electrons. The fourth-order valence-electron chi connectivity index (χ4n) is 1.29. The van der Waals surface area contributed by atoms with Gasteiger partial charge in [0.15, 0.2) is 0 Å². The molecule has 0 aromatic heterocycles. The van der Waals surface area contributed by atoms with Crippen LogP contribution in [-0.2, 0) is 14.8 Å². The second-order valence-electron chi connectivity index (χ2n) is 3.11. The smallest absolute Gasteiger partial charge is 0.378 e. The highest BCUT2D eigenvalue weighted by molar-refractivity contribution is 7.90. The molecule has 1 rings (SSSR count). The molecule has 0 spiro atoms. The van der Waals surface area contributed by atoms with E-state index in [0.717, 1.165) is 0 Å². The van der Waals surface area contributed by atoms with Crippen molar-refractivity contribution in [2.24, 2.45) is 0 Å². The largest absolute Gasteiger partial charge is 0.511 e. The lowest BCUT2D eigenvalue weighted by atomic mass is 10.2. The Morgan fingerprint density at radius 2 is 2.00 bits per heavy atom. The third-order valence-corrected chi connectivity index (χ3v) is 3.30. The summed E-state index contributed by atoms with van der Waals surface area (Å²) in [6, 6.07) is -0.887. The molecule has 2 N–H and O–H groups in total. The predicted octanol–water partition coefficient (Wildman–Crippen LogP) is -0.588. The Bertz CT molecular complexity index is 316. The number of hydrogen-bond acceptors (Lipinski definition) is 4. The van der Waals surface area contributed by atoms with E-state index in [1.165, 1.54) is 7.11 Å². The molecule has 0 aliphatic carbocycles. The van der Waals surface area contributed by atoms with E-state index in [1.54, 1.807) is 4.72 Å².